The molecule has 0 saturated heterocycles. The lowest BCUT2D eigenvalue weighted by atomic mass is 9.65. The normalized spacial score (nSPS) is 18.1. The molecular formula is C19H18N2O3. The minimum atomic E-state index is -0.571. The van der Waals surface area contributed by atoms with E-state index >= 15 is 0 Å². The minimum Gasteiger partial charge on any atom is -0.426 e. The van der Waals surface area contributed by atoms with Crippen LogP contribution in [0.1, 0.15) is 36.8 Å². The van der Waals surface area contributed by atoms with E-state index in [2.05, 4.69) is 10.3 Å². The molecule has 0 unspecified atom stereocenters. The zero-order valence-corrected chi connectivity index (χ0v) is 13.2. The quantitative estimate of drug-likeness (QED) is 0.697. The topological polar surface area (TPSA) is 68.3 Å². The van der Waals surface area contributed by atoms with Crippen molar-refractivity contribution < 1.29 is 14.3 Å². The maximum absolute atomic E-state index is 12.8. The molecule has 5 heteroatoms. The summed E-state index contributed by atoms with van der Waals surface area (Å²) in [4.78, 5) is 28.4. The van der Waals surface area contributed by atoms with Crippen molar-refractivity contribution in [2.45, 2.75) is 37.5 Å². The number of hydrogen-bond acceptors (Lipinski definition) is 4. The Morgan fingerprint density at radius 1 is 1.21 bits per heavy atom. The largest absolute Gasteiger partial charge is 0.426 e. The summed E-state index contributed by atoms with van der Waals surface area (Å²) in [5.74, 6) is 0.337. The fraction of sp³-hybridized carbons (Fsp3) is 0.316. The lowest BCUT2D eigenvalue weighted by Crippen LogP contribution is -2.45. The van der Waals surface area contributed by atoms with Gasteiger partial charge in [-0.1, -0.05) is 12.5 Å². The number of hydrogen-bond donors (Lipinski definition) is 1. The molecule has 1 saturated carbocycles. The van der Waals surface area contributed by atoms with Crippen molar-refractivity contribution in [2.75, 3.05) is 5.32 Å². The SMILES string of the molecule is O=C1CCc2cc(OC(=O)C3(c4cccnc4)CCC3)ccc2N1. The van der Waals surface area contributed by atoms with E-state index in [-0.39, 0.29) is 11.9 Å². The minimum absolute atomic E-state index is 0.0252. The number of nitrogens with one attached hydrogen (secondary N) is 1. The van der Waals surface area contributed by atoms with Crippen LogP contribution in [0.2, 0.25) is 0 Å². The molecule has 1 N–H and O–H groups in total. The predicted octanol–water partition coefficient (Wildman–Crippen LogP) is 2.99. The van der Waals surface area contributed by atoms with E-state index in [0.717, 1.165) is 36.1 Å². The van der Waals surface area contributed by atoms with Crippen LogP contribution in [-0.4, -0.2) is 16.9 Å². The molecule has 24 heavy (non-hydrogen) atoms. The Kier molecular flexibility index (Phi) is 3.56. The Morgan fingerprint density at radius 2 is 2.08 bits per heavy atom. The number of rotatable bonds is 3. The highest BCUT2D eigenvalue weighted by molar-refractivity contribution is 5.94. The van der Waals surface area contributed by atoms with Crippen LogP contribution in [0.25, 0.3) is 0 Å². The second-order valence-corrected chi connectivity index (χ2v) is 6.43. The van der Waals surface area contributed by atoms with E-state index in [9.17, 15) is 9.59 Å². The van der Waals surface area contributed by atoms with Gasteiger partial charge in [0.25, 0.3) is 0 Å². The molecule has 4 rings (SSSR count). The summed E-state index contributed by atoms with van der Waals surface area (Å²) in [6.07, 6.45) is 7.18. The van der Waals surface area contributed by atoms with Crippen LogP contribution in [0.4, 0.5) is 5.69 Å². The predicted molar refractivity (Wildman–Crippen MR) is 88.8 cm³/mol. The molecule has 2 heterocycles. The van der Waals surface area contributed by atoms with Crippen molar-refractivity contribution in [1.82, 2.24) is 4.98 Å². The highest BCUT2D eigenvalue weighted by atomic mass is 16.5. The number of fused-ring (bicyclic) bond motifs is 1. The summed E-state index contributed by atoms with van der Waals surface area (Å²) in [5, 5.41) is 2.83. The number of anilines is 1. The number of amides is 1. The average molecular weight is 322 g/mol. The van der Waals surface area contributed by atoms with E-state index in [1.807, 2.05) is 18.2 Å². The molecule has 1 aliphatic carbocycles. The molecule has 2 aliphatic rings. The highest BCUT2D eigenvalue weighted by Crippen LogP contribution is 2.44. The number of aromatic nitrogens is 1. The van der Waals surface area contributed by atoms with Crippen LogP contribution in [-0.2, 0) is 21.4 Å². The molecule has 0 radical (unpaired) electrons. The summed E-state index contributed by atoms with van der Waals surface area (Å²) < 4.78 is 5.69. The number of nitrogens with zero attached hydrogens (tertiary/aromatic N) is 1. The molecule has 0 spiro atoms. The molecule has 1 amide bonds. The van der Waals surface area contributed by atoms with Gasteiger partial charge in [0.05, 0.1) is 5.41 Å². The maximum Gasteiger partial charge on any atom is 0.322 e. The third-order valence-corrected chi connectivity index (χ3v) is 4.99. The molecule has 2 aromatic rings. The van der Waals surface area contributed by atoms with Crippen molar-refractivity contribution in [1.29, 1.82) is 0 Å². The molecule has 1 fully saturated rings. The second kappa shape index (κ2) is 5.74. The summed E-state index contributed by atoms with van der Waals surface area (Å²) in [5.41, 5.74) is 2.16. The average Bonchev–Trinajstić information content (AvgIpc) is 2.55. The van der Waals surface area contributed by atoms with Gasteiger partial charge in [0.1, 0.15) is 5.75 Å². The fourth-order valence-electron chi connectivity index (χ4n) is 3.41. The van der Waals surface area contributed by atoms with Gasteiger partial charge in [-0.05, 0) is 54.7 Å². The zero-order chi connectivity index (χ0) is 16.6. The van der Waals surface area contributed by atoms with Crippen LogP contribution in [0.3, 0.4) is 0 Å². The van der Waals surface area contributed by atoms with E-state index < -0.39 is 5.41 Å². The number of carbonyl (C=O) groups excluding carboxylic acids is 2. The molecule has 0 atom stereocenters. The molecule has 1 aliphatic heterocycles. The van der Waals surface area contributed by atoms with Crippen LogP contribution >= 0.6 is 0 Å². The smallest absolute Gasteiger partial charge is 0.322 e. The monoisotopic (exact) mass is 322 g/mol. The lowest BCUT2D eigenvalue weighted by Gasteiger charge is -2.39. The van der Waals surface area contributed by atoms with Gasteiger partial charge in [0, 0.05) is 24.5 Å². The molecule has 122 valence electrons. The summed E-state index contributed by atoms with van der Waals surface area (Å²) in [6.45, 7) is 0. The van der Waals surface area contributed by atoms with Gasteiger partial charge in [-0.15, -0.1) is 0 Å². The molecule has 0 bridgehead atoms. The first-order chi connectivity index (χ1) is 11.7. The van der Waals surface area contributed by atoms with Gasteiger partial charge >= 0.3 is 5.97 Å². The van der Waals surface area contributed by atoms with Crippen molar-refractivity contribution in [2.24, 2.45) is 0 Å². The van der Waals surface area contributed by atoms with Crippen LogP contribution in [0.5, 0.6) is 5.75 Å². The van der Waals surface area contributed by atoms with Crippen LogP contribution < -0.4 is 10.1 Å². The Morgan fingerprint density at radius 3 is 2.79 bits per heavy atom. The third-order valence-electron chi connectivity index (χ3n) is 4.99. The Labute approximate surface area is 140 Å². The van der Waals surface area contributed by atoms with Gasteiger partial charge < -0.3 is 10.1 Å². The highest BCUT2D eigenvalue weighted by Gasteiger charge is 2.47. The van der Waals surface area contributed by atoms with Gasteiger partial charge in [-0.2, -0.15) is 0 Å². The van der Waals surface area contributed by atoms with Gasteiger partial charge in [-0.25, -0.2) is 0 Å². The standard InChI is InChI=1S/C19H18N2O3/c22-17-7-4-13-11-15(5-6-16(13)21-17)24-18(23)19(8-2-9-19)14-3-1-10-20-12-14/h1,3,5-6,10-12H,2,4,7-9H2,(H,21,22). The number of ether oxygens (including phenoxy) is 1. The first-order valence-electron chi connectivity index (χ1n) is 8.23. The van der Waals surface area contributed by atoms with Gasteiger partial charge in [0.2, 0.25) is 5.91 Å². The van der Waals surface area contributed by atoms with Crippen LogP contribution in [0, 0.1) is 0 Å². The summed E-state index contributed by atoms with van der Waals surface area (Å²) >= 11 is 0. The van der Waals surface area contributed by atoms with Crippen molar-refractivity contribution >= 4 is 17.6 Å². The number of esters is 1. The fourth-order valence-corrected chi connectivity index (χ4v) is 3.41. The number of aryl methyl sites for hydroxylation is 1. The zero-order valence-electron chi connectivity index (χ0n) is 13.2. The summed E-state index contributed by atoms with van der Waals surface area (Å²) in [6, 6.07) is 9.17. The number of benzene rings is 1. The van der Waals surface area contributed by atoms with Gasteiger partial charge in [0.15, 0.2) is 0 Å². The van der Waals surface area contributed by atoms with Crippen LogP contribution in [0.15, 0.2) is 42.7 Å². The van der Waals surface area contributed by atoms with E-state index in [0.29, 0.717) is 18.6 Å². The number of pyridine rings is 1. The van der Waals surface area contributed by atoms with Crippen molar-refractivity contribution in [3.05, 3.63) is 53.9 Å². The molecule has 5 nitrogen and oxygen atoms in total. The maximum atomic E-state index is 12.8. The Hall–Kier alpha value is -2.69. The van der Waals surface area contributed by atoms with E-state index in [1.165, 1.54) is 0 Å². The Bertz CT molecular complexity index is 798. The lowest BCUT2D eigenvalue weighted by molar-refractivity contribution is -0.144. The van der Waals surface area contributed by atoms with E-state index in [1.54, 1.807) is 24.5 Å². The summed E-state index contributed by atoms with van der Waals surface area (Å²) in [7, 11) is 0. The van der Waals surface area contributed by atoms with E-state index in [4.69, 9.17) is 4.74 Å². The first kappa shape index (κ1) is 14.9. The molecule has 1 aromatic carbocycles. The second-order valence-electron chi connectivity index (χ2n) is 6.43. The number of carbonyl (C=O) groups is 2. The third kappa shape index (κ3) is 2.46. The van der Waals surface area contributed by atoms with Gasteiger partial charge in [-0.3, -0.25) is 14.6 Å². The van der Waals surface area contributed by atoms with Crippen molar-refractivity contribution in [3.63, 3.8) is 0 Å². The Balaban J connectivity index is 1.57. The molecule has 1 aromatic heterocycles. The first-order valence-corrected chi connectivity index (χ1v) is 8.23. The van der Waals surface area contributed by atoms with Crippen molar-refractivity contribution in [3.8, 4) is 5.75 Å². The molecular weight excluding hydrogens is 304 g/mol.